The Kier molecular flexibility index (Phi) is 10.2. The molecule has 0 spiro atoms. The average molecular weight is 580 g/mol. The summed E-state index contributed by atoms with van der Waals surface area (Å²) in [4.78, 5) is 24.4. The number of nitro groups is 1. The number of unbranched alkanes of at least 4 members (excludes halogenated alkanes) is 7. The number of fused-ring (bicyclic) bond motifs is 1. The van der Waals surface area contributed by atoms with E-state index in [2.05, 4.69) is 32.0 Å². The normalized spacial score (nSPS) is 15.9. The van der Waals surface area contributed by atoms with Crippen molar-refractivity contribution in [3.63, 3.8) is 0 Å². The van der Waals surface area contributed by atoms with E-state index in [0.29, 0.717) is 17.7 Å². The van der Waals surface area contributed by atoms with Crippen LogP contribution in [0.1, 0.15) is 85.3 Å². The molecular weight excluding hydrogens is 538 g/mol. The van der Waals surface area contributed by atoms with Crippen LogP contribution >= 0.6 is 0 Å². The highest BCUT2D eigenvalue weighted by molar-refractivity contribution is 5.86. The van der Waals surface area contributed by atoms with Crippen molar-refractivity contribution in [2.75, 3.05) is 0 Å². The summed E-state index contributed by atoms with van der Waals surface area (Å²) in [7, 11) is 0. The van der Waals surface area contributed by atoms with Gasteiger partial charge >= 0.3 is 5.97 Å². The molecular formula is C37H41NO5. The smallest absolute Gasteiger partial charge is 0.343 e. The van der Waals surface area contributed by atoms with E-state index in [-0.39, 0.29) is 10.6 Å². The van der Waals surface area contributed by atoms with E-state index < -0.39 is 18.2 Å². The lowest BCUT2D eigenvalue weighted by molar-refractivity contribution is -0.385. The maximum absolute atomic E-state index is 12.9. The Morgan fingerprint density at radius 3 is 2.21 bits per heavy atom. The number of ether oxygens (including phenoxy) is 2. The summed E-state index contributed by atoms with van der Waals surface area (Å²) in [5.41, 5.74) is 5.67. The summed E-state index contributed by atoms with van der Waals surface area (Å²) in [6.45, 7) is 4.34. The standard InChI is InChI=1S/C37H41NO5/c1-26-20-21-28(27(2)24-26)14-9-7-5-3-4-6-8-10-17-32-33(18-13-19-34(32)38(40)41)35-36(43-35)37(39)42-31-23-22-29-15-11-12-16-30(29)25-31/h11-13,15-16,18-25,35-36H,3-10,14,17H2,1-2H3. The third kappa shape index (κ3) is 8.08. The molecule has 1 fully saturated rings. The lowest BCUT2D eigenvalue weighted by Crippen LogP contribution is -2.16. The van der Waals surface area contributed by atoms with Gasteiger partial charge in [-0.3, -0.25) is 10.1 Å². The van der Waals surface area contributed by atoms with Crippen molar-refractivity contribution in [1.82, 2.24) is 0 Å². The van der Waals surface area contributed by atoms with Gasteiger partial charge in [0.1, 0.15) is 11.9 Å². The van der Waals surface area contributed by atoms with Crippen LogP contribution in [0.25, 0.3) is 10.8 Å². The Morgan fingerprint density at radius 1 is 0.791 bits per heavy atom. The number of benzene rings is 4. The van der Waals surface area contributed by atoms with Crippen molar-refractivity contribution in [2.45, 2.75) is 90.3 Å². The Labute approximate surface area is 254 Å². The second-order valence-corrected chi connectivity index (χ2v) is 11.8. The van der Waals surface area contributed by atoms with Crippen molar-refractivity contribution in [3.8, 4) is 5.75 Å². The Hall–Kier alpha value is -4.03. The highest BCUT2D eigenvalue weighted by Crippen LogP contribution is 2.43. The van der Waals surface area contributed by atoms with Gasteiger partial charge in [0.2, 0.25) is 0 Å². The van der Waals surface area contributed by atoms with Gasteiger partial charge in [-0.25, -0.2) is 4.79 Å². The summed E-state index contributed by atoms with van der Waals surface area (Å²) < 4.78 is 11.3. The first-order valence-electron chi connectivity index (χ1n) is 15.6. The quantitative estimate of drug-likeness (QED) is 0.0350. The Bertz CT molecular complexity index is 1580. The highest BCUT2D eigenvalue weighted by atomic mass is 16.6. The first-order chi connectivity index (χ1) is 20.9. The summed E-state index contributed by atoms with van der Waals surface area (Å²) in [5.74, 6) is -0.0229. The van der Waals surface area contributed by atoms with Crippen molar-refractivity contribution in [1.29, 1.82) is 0 Å². The van der Waals surface area contributed by atoms with E-state index >= 15 is 0 Å². The third-order valence-corrected chi connectivity index (χ3v) is 8.48. The molecule has 0 aliphatic carbocycles. The van der Waals surface area contributed by atoms with Gasteiger partial charge in [-0.1, -0.05) is 105 Å². The first kappa shape index (κ1) is 30.4. The molecule has 1 heterocycles. The minimum absolute atomic E-state index is 0.0958. The summed E-state index contributed by atoms with van der Waals surface area (Å²) in [6.07, 6.45) is 9.59. The fraction of sp³-hybridized carbons (Fsp3) is 0.378. The number of carbonyl (C=O) groups excluding carboxylic acids is 1. The van der Waals surface area contributed by atoms with Gasteiger partial charge < -0.3 is 9.47 Å². The van der Waals surface area contributed by atoms with Gasteiger partial charge in [0.15, 0.2) is 6.10 Å². The number of hydrogen-bond donors (Lipinski definition) is 0. The van der Waals surface area contributed by atoms with Gasteiger partial charge in [-0.15, -0.1) is 0 Å². The molecule has 0 amide bonds. The number of rotatable bonds is 15. The zero-order chi connectivity index (χ0) is 30.2. The van der Waals surface area contributed by atoms with Gasteiger partial charge in [0.05, 0.1) is 4.92 Å². The van der Waals surface area contributed by atoms with E-state index in [4.69, 9.17) is 9.47 Å². The van der Waals surface area contributed by atoms with Crippen LogP contribution in [0.2, 0.25) is 0 Å². The van der Waals surface area contributed by atoms with Crippen LogP contribution < -0.4 is 4.74 Å². The molecule has 224 valence electrons. The molecule has 6 heteroatoms. The van der Waals surface area contributed by atoms with Crippen molar-refractivity contribution in [2.24, 2.45) is 0 Å². The van der Waals surface area contributed by atoms with Crippen molar-refractivity contribution >= 4 is 22.4 Å². The van der Waals surface area contributed by atoms with Gasteiger partial charge in [0.25, 0.3) is 5.69 Å². The fourth-order valence-electron chi connectivity index (χ4n) is 6.04. The fourth-order valence-corrected chi connectivity index (χ4v) is 6.04. The zero-order valence-corrected chi connectivity index (χ0v) is 25.2. The van der Waals surface area contributed by atoms with Crippen molar-refractivity contribution < 1.29 is 19.2 Å². The molecule has 0 N–H and O–H groups in total. The number of esters is 1. The number of aryl methyl sites for hydroxylation is 3. The predicted octanol–water partition coefficient (Wildman–Crippen LogP) is 9.32. The summed E-state index contributed by atoms with van der Waals surface area (Å²) in [5, 5.41) is 13.9. The number of nitro benzene ring substituents is 1. The zero-order valence-electron chi connectivity index (χ0n) is 25.2. The largest absolute Gasteiger partial charge is 0.425 e. The van der Waals surface area contributed by atoms with E-state index in [0.717, 1.165) is 42.0 Å². The summed E-state index contributed by atoms with van der Waals surface area (Å²) in [6, 6.07) is 25.2. The van der Waals surface area contributed by atoms with Crippen LogP contribution in [0.4, 0.5) is 5.69 Å². The molecule has 2 unspecified atom stereocenters. The van der Waals surface area contributed by atoms with E-state index in [1.165, 1.54) is 48.8 Å². The lowest BCUT2D eigenvalue weighted by atomic mass is 9.95. The third-order valence-electron chi connectivity index (χ3n) is 8.48. The van der Waals surface area contributed by atoms with Gasteiger partial charge in [-0.2, -0.15) is 0 Å². The van der Waals surface area contributed by atoms with Crippen molar-refractivity contribution in [3.05, 3.63) is 117 Å². The van der Waals surface area contributed by atoms with Gasteiger partial charge in [0, 0.05) is 11.6 Å². The molecule has 1 aliphatic rings. The molecule has 43 heavy (non-hydrogen) atoms. The van der Waals surface area contributed by atoms with Crippen LogP contribution in [0.15, 0.2) is 78.9 Å². The van der Waals surface area contributed by atoms with Crippen LogP contribution in [0, 0.1) is 24.0 Å². The Morgan fingerprint density at radius 2 is 1.49 bits per heavy atom. The van der Waals surface area contributed by atoms with Crippen LogP contribution in [-0.4, -0.2) is 17.0 Å². The van der Waals surface area contributed by atoms with Crippen LogP contribution in [0.5, 0.6) is 5.75 Å². The van der Waals surface area contributed by atoms with Crippen LogP contribution in [0.3, 0.4) is 0 Å². The second kappa shape index (κ2) is 14.4. The number of nitrogens with zero attached hydrogens (tertiary/aromatic N) is 1. The Balaban J connectivity index is 1.06. The van der Waals surface area contributed by atoms with Gasteiger partial charge in [-0.05, 0) is 79.1 Å². The number of epoxide rings is 1. The molecule has 0 bridgehead atoms. The van der Waals surface area contributed by atoms with E-state index in [1.54, 1.807) is 18.2 Å². The molecule has 4 aromatic carbocycles. The van der Waals surface area contributed by atoms with Crippen LogP contribution in [-0.2, 0) is 22.4 Å². The molecule has 1 aliphatic heterocycles. The molecule has 5 rings (SSSR count). The number of carbonyl (C=O) groups is 1. The minimum atomic E-state index is -0.762. The minimum Gasteiger partial charge on any atom is -0.425 e. The van der Waals surface area contributed by atoms with E-state index in [9.17, 15) is 14.9 Å². The maximum atomic E-state index is 12.9. The highest BCUT2D eigenvalue weighted by Gasteiger charge is 2.49. The topological polar surface area (TPSA) is 82.0 Å². The molecule has 4 aromatic rings. The molecule has 6 nitrogen and oxygen atoms in total. The molecule has 0 aromatic heterocycles. The molecule has 0 saturated carbocycles. The lowest BCUT2D eigenvalue weighted by Gasteiger charge is -2.09. The predicted molar refractivity (Wildman–Crippen MR) is 171 cm³/mol. The van der Waals surface area contributed by atoms with E-state index in [1.807, 2.05) is 42.5 Å². The molecule has 1 saturated heterocycles. The average Bonchev–Trinajstić information content (AvgIpc) is 3.80. The monoisotopic (exact) mass is 579 g/mol. The maximum Gasteiger partial charge on any atom is 0.343 e. The molecule has 0 radical (unpaired) electrons. The SMILES string of the molecule is Cc1ccc(CCCCCCCCCCc2c(C3OC3C(=O)Oc3ccc4ccccc4c3)cccc2[N+](=O)[O-])c(C)c1. The first-order valence-corrected chi connectivity index (χ1v) is 15.6. The molecule has 2 atom stereocenters. The number of hydrogen-bond acceptors (Lipinski definition) is 5. The second-order valence-electron chi connectivity index (χ2n) is 11.8. The summed E-state index contributed by atoms with van der Waals surface area (Å²) >= 11 is 0.